The van der Waals surface area contributed by atoms with Crippen LogP contribution in [0.2, 0.25) is 0 Å². The van der Waals surface area contributed by atoms with E-state index in [2.05, 4.69) is 20.4 Å². The summed E-state index contributed by atoms with van der Waals surface area (Å²) in [4.78, 5) is 31.9. The van der Waals surface area contributed by atoms with Gasteiger partial charge in [-0.3, -0.25) is 9.59 Å². The minimum absolute atomic E-state index is 0.126. The van der Waals surface area contributed by atoms with Crippen LogP contribution in [-0.2, 0) is 4.79 Å². The number of thioether (sulfide) groups is 1. The Labute approximate surface area is 171 Å². The van der Waals surface area contributed by atoms with Gasteiger partial charge in [0.25, 0.3) is 5.56 Å². The number of carbonyl (C=O) groups excluding carboxylic acids is 1. The highest BCUT2D eigenvalue weighted by molar-refractivity contribution is 7.99. The van der Waals surface area contributed by atoms with Crippen molar-refractivity contribution in [2.45, 2.75) is 19.0 Å². The summed E-state index contributed by atoms with van der Waals surface area (Å²) in [5.41, 5.74) is 4.04. The molecule has 0 aliphatic heterocycles. The van der Waals surface area contributed by atoms with E-state index in [0.29, 0.717) is 16.2 Å². The highest BCUT2D eigenvalue weighted by atomic mass is 32.2. The molecule has 7 nitrogen and oxygen atoms in total. The van der Waals surface area contributed by atoms with Crippen LogP contribution in [0.4, 0.5) is 5.69 Å². The third-order valence-corrected chi connectivity index (χ3v) is 5.42. The summed E-state index contributed by atoms with van der Waals surface area (Å²) in [6, 6.07) is 15.2. The van der Waals surface area contributed by atoms with Gasteiger partial charge in [-0.25, -0.2) is 9.67 Å². The summed E-state index contributed by atoms with van der Waals surface area (Å²) in [5.74, 6) is -0.0483. The highest BCUT2D eigenvalue weighted by Gasteiger charge is 2.13. The van der Waals surface area contributed by atoms with Crippen molar-refractivity contribution in [3.05, 3.63) is 76.2 Å². The second-order valence-corrected chi connectivity index (χ2v) is 7.60. The number of fused-ring (bicyclic) bond motifs is 1. The molecule has 0 saturated carbocycles. The number of nitrogens with one attached hydrogen (secondary N) is 2. The number of aromatic amines is 1. The Morgan fingerprint density at radius 2 is 1.93 bits per heavy atom. The predicted octanol–water partition coefficient (Wildman–Crippen LogP) is 3.46. The lowest BCUT2D eigenvalue weighted by molar-refractivity contribution is -0.113. The average molecular weight is 405 g/mol. The van der Waals surface area contributed by atoms with Crippen LogP contribution in [0.25, 0.3) is 16.7 Å². The van der Waals surface area contributed by atoms with Crippen molar-refractivity contribution < 1.29 is 4.79 Å². The summed E-state index contributed by atoms with van der Waals surface area (Å²) < 4.78 is 1.64. The fourth-order valence-electron chi connectivity index (χ4n) is 2.87. The topological polar surface area (TPSA) is 92.7 Å². The molecule has 2 heterocycles. The SMILES string of the molecule is Cc1ccc(-n2ncc3c(=O)[nH]c(SCC(=O)Nc4ccccc4)nc32)cc1C. The molecule has 2 aromatic carbocycles. The number of amides is 1. The third-order valence-electron chi connectivity index (χ3n) is 4.55. The number of hydrogen-bond donors (Lipinski definition) is 2. The van der Waals surface area contributed by atoms with Crippen LogP contribution < -0.4 is 10.9 Å². The van der Waals surface area contributed by atoms with E-state index < -0.39 is 0 Å². The Balaban J connectivity index is 1.58. The summed E-state index contributed by atoms with van der Waals surface area (Å²) in [6.07, 6.45) is 1.51. The molecule has 0 aliphatic carbocycles. The maximum absolute atomic E-state index is 12.4. The molecule has 2 aromatic heterocycles. The van der Waals surface area contributed by atoms with Gasteiger partial charge in [-0.15, -0.1) is 0 Å². The Morgan fingerprint density at radius 1 is 1.14 bits per heavy atom. The molecule has 29 heavy (non-hydrogen) atoms. The smallest absolute Gasteiger partial charge is 0.262 e. The van der Waals surface area contributed by atoms with E-state index in [9.17, 15) is 9.59 Å². The lowest BCUT2D eigenvalue weighted by atomic mass is 10.1. The van der Waals surface area contributed by atoms with Gasteiger partial charge in [0.15, 0.2) is 10.8 Å². The van der Waals surface area contributed by atoms with Crippen LogP contribution in [0.1, 0.15) is 11.1 Å². The van der Waals surface area contributed by atoms with Crippen LogP contribution in [0, 0.1) is 13.8 Å². The first kappa shape index (κ1) is 18.9. The zero-order valence-electron chi connectivity index (χ0n) is 16.0. The number of para-hydroxylation sites is 1. The fraction of sp³-hybridized carbons (Fsp3) is 0.143. The average Bonchev–Trinajstić information content (AvgIpc) is 3.14. The molecule has 0 bridgehead atoms. The molecule has 8 heteroatoms. The van der Waals surface area contributed by atoms with Crippen LogP contribution >= 0.6 is 11.8 Å². The number of aryl methyl sites for hydroxylation is 2. The monoisotopic (exact) mass is 405 g/mol. The molecule has 0 saturated heterocycles. The molecule has 0 unspecified atom stereocenters. The molecular weight excluding hydrogens is 386 g/mol. The molecule has 4 rings (SSSR count). The number of hydrogen-bond acceptors (Lipinski definition) is 5. The number of H-pyrrole nitrogens is 1. The lowest BCUT2D eigenvalue weighted by Crippen LogP contribution is -2.15. The number of carbonyl (C=O) groups is 1. The van der Waals surface area contributed by atoms with Gasteiger partial charge in [0, 0.05) is 5.69 Å². The van der Waals surface area contributed by atoms with E-state index in [1.165, 1.54) is 23.5 Å². The van der Waals surface area contributed by atoms with Gasteiger partial charge in [0.2, 0.25) is 5.91 Å². The molecule has 0 fully saturated rings. The summed E-state index contributed by atoms with van der Waals surface area (Å²) in [5, 5.41) is 7.92. The van der Waals surface area contributed by atoms with Crippen molar-refractivity contribution in [1.29, 1.82) is 0 Å². The van der Waals surface area contributed by atoms with Crippen molar-refractivity contribution >= 4 is 34.4 Å². The Bertz CT molecular complexity index is 1250. The van der Waals surface area contributed by atoms with Gasteiger partial charge >= 0.3 is 0 Å². The minimum atomic E-state index is -0.281. The van der Waals surface area contributed by atoms with E-state index in [1.54, 1.807) is 4.68 Å². The molecular formula is C21H19N5O2S. The van der Waals surface area contributed by atoms with E-state index in [-0.39, 0.29) is 17.2 Å². The summed E-state index contributed by atoms with van der Waals surface area (Å²) in [6.45, 7) is 4.07. The summed E-state index contributed by atoms with van der Waals surface area (Å²) >= 11 is 1.17. The van der Waals surface area contributed by atoms with Crippen molar-refractivity contribution in [2.24, 2.45) is 0 Å². The molecule has 1 amide bonds. The fourth-order valence-corrected chi connectivity index (χ4v) is 3.52. The maximum Gasteiger partial charge on any atom is 0.262 e. The molecule has 0 radical (unpaired) electrons. The third kappa shape index (κ3) is 4.07. The van der Waals surface area contributed by atoms with Gasteiger partial charge in [0.1, 0.15) is 5.39 Å². The van der Waals surface area contributed by atoms with Gasteiger partial charge in [-0.1, -0.05) is 36.0 Å². The molecule has 4 aromatic rings. The van der Waals surface area contributed by atoms with Crippen LogP contribution in [0.3, 0.4) is 0 Å². The van der Waals surface area contributed by atoms with Crippen LogP contribution in [0.15, 0.2) is 64.7 Å². The Hall–Kier alpha value is -3.39. The normalized spacial score (nSPS) is 11.0. The second kappa shape index (κ2) is 7.92. The number of anilines is 1. The molecule has 0 spiro atoms. The largest absolute Gasteiger partial charge is 0.325 e. The van der Waals surface area contributed by atoms with Crippen molar-refractivity contribution in [2.75, 3.05) is 11.1 Å². The number of benzene rings is 2. The number of aromatic nitrogens is 4. The maximum atomic E-state index is 12.4. The standard InChI is InChI=1S/C21H19N5O2S/c1-13-8-9-16(10-14(13)2)26-19-17(11-22-26)20(28)25-21(24-19)29-12-18(27)23-15-6-4-3-5-7-15/h3-11H,12H2,1-2H3,(H,23,27)(H,24,25,28). The predicted molar refractivity (Wildman–Crippen MR) is 115 cm³/mol. The van der Waals surface area contributed by atoms with Gasteiger partial charge in [-0.05, 0) is 49.2 Å². The van der Waals surface area contributed by atoms with Crippen molar-refractivity contribution in [3.8, 4) is 5.69 Å². The highest BCUT2D eigenvalue weighted by Crippen LogP contribution is 2.20. The van der Waals surface area contributed by atoms with Crippen LogP contribution in [0.5, 0.6) is 0 Å². The summed E-state index contributed by atoms with van der Waals surface area (Å²) in [7, 11) is 0. The lowest BCUT2D eigenvalue weighted by Gasteiger charge is -2.07. The van der Waals surface area contributed by atoms with E-state index in [0.717, 1.165) is 16.9 Å². The van der Waals surface area contributed by atoms with Gasteiger partial charge in [0.05, 0.1) is 17.6 Å². The zero-order valence-corrected chi connectivity index (χ0v) is 16.8. The zero-order chi connectivity index (χ0) is 20.4. The van der Waals surface area contributed by atoms with Gasteiger partial charge < -0.3 is 10.3 Å². The molecule has 2 N–H and O–H groups in total. The van der Waals surface area contributed by atoms with E-state index >= 15 is 0 Å². The second-order valence-electron chi connectivity index (χ2n) is 6.64. The van der Waals surface area contributed by atoms with Crippen molar-refractivity contribution in [1.82, 2.24) is 19.7 Å². The first-order chi connectivity index (χ1) is 14.0. The van der Waals surface area contributed by atoms with Crippen molar-refractivity contribution in [3.63, 3.8) is 0 Å². The number of nitrogens with zero attached hydrogens (tertiary/aromatic N) is 3. The molecule has 0 aliphatic rings. The Morgan fingerprint density at radius 3 is 2.69 bits per heavy atom. The van der Waals surface area contributed by atoms with E-state index in [4.69, 9.17) is 0 Å². The first-order valence-corrected chi connectivity index (χ1v) is 10.0. The number of rotatable bonds is 5. The minimum Gasteiger partial charge on any atom is -0.325 e. The first-order valence-electron chi connectivity index (χ1n) is 9.04. The van der Waals surface area contributed by atoms with Crippen LogP contribution in [-0.4, -0.2) is 31.4 Å². The Kier molecular flexibility index (Phi) is 5.18. The molecule has 0 atom stereocenters. The van der Waals surface area contributed by atoms with Gasteiger partial charge in [-0.2, -0.15) is 5.10 Å². The quantitative estimate of drug-likeness (QED) is 0.392. The molecule has 146 valence electrons. The van der Waals surface area contributed by atoms with E-state index in [1.807, 2.05) is 62.4 Å².